The third-order valence-corrected chi connectivity index (χ3v) is 6.18. The second-order valence-corrected chi connectivity index (χ2v) is 8.80. The molecule has 0 bridgehead atoms. The fourth-order valence-electron chi connectivity index (χ4n) is 3.55. The van der Waals surface area contributed by atoms with E-state index in [4.69, 9.17) is 0 Å². The minimum atomic E-state index is 0.0278. The van der Waals surface area contributed by atoms with Crippen molar-refractivity contribution in [3.8, 4) is 10.4 Å². The molecule has 0 saturated heterocycles. The molecule has 4 nitrogen and oxygen atoms in total. The molecule has 0 radical (unpaired) electrons. The summed E-state index contributed by atoms with van der Waals surface area (Å²) < 4.78 is 0. The Balaban J connectivity index is 1.50. The Kier molecular flexibility index (Phi) is 4.98. The second kappa shape index (κ2) is 7.41. The minimum absolute atomic E-state index is 0.0278. The van der Waals surface area contributed by atoms with E-state index in [1.54, 1.807) is 0 Å². The van der Waals surface area contributed by atoms with E-state index in [2.05, 4.69) is 72.0 Å². The lowest BCUT2D eigenvalue weighted by atomic mass is 10.1. The summed E-state index contributed by atoms with van der Waals surface area (Å²) in [6, 6.07) is 13.0. The average molecular weight is 380 g/mol. The highest BCUT2D eigenvalue weighted by molar-refractivity contribution is 7.15. The zero-order valence-electron chi connectivity index (χ0n) is 16.1. The van der Waals surface area contributed by atoms with E-state index in [1.807, 2.05) is 11.3 Å². The summed E-state index contributed by atoms with van der Waals surface area (Å²) in [6.45, 7) is 8.73. The van der Waals surface area contributed by atoms with Gasteiger partial charge in [0.2, 0.25) is 0 Å². The van der Waals surface area contributed by atoms with Gasteiger partial charge >= 0.3 is 0 Å². The molecule has 0 unspecified atom stereocenters. The van der Waals surface area contributed by atoms with Crippen molar-refractivity contribution in [2.75, 3.05) is 6.54 Å². The normalized spacial score (nSPS) is 14.5. The third-order valence-electron chi connectivity index (χ3n) is 5.06. The molecule has 5 heteroatoms. The predicted octanol–water partition coefficient (Wildman–Crippen LogP) is 4.49. The quantitative estimate of drug-likeness (QED) is 0.727. The van der Waals surface area contributed by atoms with Gasteiger partial charge < -0.3 is 4.98 Å². The third kappa shape index (κ3) is 3.89. The summed E-state index contributed by atoms with van der Waals surface area (Å²) >= 11 is 1.84. The van der Waals surface area contributed by atoms with Gasteiger partial charge in [-0.2, -0.15) is 0 Å². The van der Waals surface area contributed by atoms with Crippen molar-refractivity contribution in [1.82, 2.24) is 14.9 Å². The Hall–Kier alpha value is -2.24. The van der Waals surface area contributed by atoms with E-state index in [9.17, 15) is 4.79 Å². The molecule has 1 aromatic carbocycles. The molecular weight excluding hydrogens is 354 g/mol. The maximum Gasteiger partial charge on any atom is 0.255 e. The minimum Gasteiger partial charge on any atom is -0.310 e. The molecule has 1 aliphatic rings. The van der Waals surface area contributed by atoms with Crippen LogP contribution in [0.4, 0.5) is 0 Å². The van der Waals surface area contributed by atoms with Gasteiger partial charge in [0.1, 0.15) is 5.82 Å². The first-order valence-corrected chi connectivity index (χ1v) is 10.3. The average Bonchev–Trinajstić information content (AvgIpc) is 3.10. The predicted molar refractivity (Wildman–Crippen MR) is 111 cm³/mol. The highest BCUT2D eigenvalue weighted by atomic mass is 32.1. The van der Waals surface area contributed by atoms with Gasteiger partial charge in [-0.15, -0.1) is 11.3 Å². The number of aromatic amines is 1. The van der Waals surface area contributed by atoms with Crippen LogP contribution in [0, 0.1) is 6.92 Å². The van der Waals surface area contributed by atoms with E-state index in [1.165, 1.54) is 20.9 Å². The summed E-state index contributed by atoms with van der Waals surface area (Å²) in [7, 11) is 0. The highest BCUT2D eigenvalue weighted by Gasteiger charge is 2.22. The molecule has 0 amide bonds. The molecule has 3 aromatic rings. The van der Waals surface area contributed by atoms with Crippen LogP contribution in [-0.2, 0) is 19.5 Å². The van der Waals surface area contributed by atoms with Gasteiger partial charge in [-0.1, -0.05) is 43.7 Å². The molecule has 3 heterocycles. The molecule has 27 heavy (non-hydrogen) atoms. The smallest absolute Gasteiger partial charge is 0.255 e. The zero-order chi connectivity index (χ0) is 19.0. The molecule has 4 rings (SSSR count). The number of benzene rings is 1. The Bertz CT molecular complexity index is 1020. The number of H-pyrrole nitrogens is 1. The van der Waals surface area contributed by atoms with Crippen LogP contribution in [0.5, 0.6) is 0 Å². The number of nitrogens with zero attached hydrogens (tertiary/aromatic N) is 2. The van der Waals surface area contributed by atoms with Crippen molar-refractivity contribution in [3.63, 3.8) is 0 Å². The molecule has 2 aromatic heterocycles. The first-order chi connectivity index (χ1) is 13.0. The van der Waals surface area contributed by atoms with Crippen molar-refractivity contribution in [1.29, 1.82) is 0 Å². The largest absolute Gasteiger partial charge is 0.310 e. The van der Waals surface area contributed by atoms with Crippen LogP contribution < -0.4 is 5.56 Å². The van der Waals surface area contributed by atoms with Gasteiger partial charge in [0.05, 0.1) is 11.3 Å². The van der Waals surface area contributed by atoms with Crippen LogP contribution in [0.2, 0.25) is 0 Å². The first kappa shape index (κ1) is 18.1. The Morgan fingerprint density at radius 1 is 1.26 bits per heavy atom. The van der Waals surface area contributed by atoms with Crippen LogP contribution in [0.25, 0.3) is 10.4 Å². The number of aryl methyl sites for hydroxylation is 1. The lowest BCUT2D eigenvalue weighted by Gasteiger charge is -2.27. The van der Waals surface area contributed by atoms with E-state index in [0.717, 1.165) is 36.6 Å². The molecule has 0 aliphatic carbocycles. The van der Waals surface area contributed by atoms with Crippen LogP contribution in [-0.4, -0.2) is 21.4 Å². The number of fused-ring (bicyclic) bond motifs is 1. The van der Waals surface area contributed by atoms with E-state index in [-0.39, 0.29) is 11.5 Å². The number of rotatable bonds is 4. The lowest BCUT2D eigenvalue weighted by molar-refractivity contribution is 0.243. The van der Waals surface area contributed by atoms with Crippen LogP contribution in [0.1, 0.15) is 47.3 Å². The Morgan fingerprint density at radius 3 is 2.89 bits per heavy atom. The molecule has 1 aliphatic heterocycles. The van der Waals surface area contributed by atoms with Crippen molar-refractivity contribution in [3.05, 3.63) is 74.3 Å². The lowest BCUT2D eigenvalue weighted by Crippen LogP contribution is -2.35. The highest BCUT2D eigenvalue weighted by Crippen LogP contribution is 2.30. The number of aromatic nitrogens is 2. The molecule has 0 spiro atoms. The van der Waals surface area contributed by atoms with Crippen LogP contribution in [0.3, 0.4) is 0 Å². The standard InChI is InChI=1S/C22H25N3OS/c1-14(2)21-23-19-9-10-25(13-18(19)22(26)24-21)12-17-7-8-20(27-17)16-6-4-5-15(3)11-16/h4-8,11,14H,9-10,12-13H2,1-3H3,(H,23,24,26). The fourth-order valence-corrected chi connectivity index (χ4v) is 4.59. The van der Waals surface area contributed by atoms with E-state index in [0.29, 0.717) is 6.54 Å². The maximum atomic E-state index is 12.5. The van der Waals surface area contributed by atoms with Crippen LogP contribution >= 0.6 is 11.3 Å². The molecule has 0 fully saturated rings. The van der Waals surface area contributed by atoms with E-state index >= 15 is 0 Å². The Labute approximate surface area is 163 Å². The van der Waals surface area contributed by atoms with Crippen molar-refractivity contribution >= 4 is 11.3 Å². The second-order valence-electron chi connectivity index (χ2n) is 7.63. The molecule has 0 saturated carbocycles. The maximum absolute atomic E-state index is 12.5. The SMILES string of the molecule is Cc1cccc(-c2ccc(CN3CCc4nc(C(C)C)[nH]c(=O)c4C3)s2)c1. The van der Waals surface area contributed by atoms with Gasteiger partial charge in [-0.3, -0.25) is 9.69 Å². The van der Waals surface area contributed by atoms with Gasteiger partial charge in [0, 0.05) is 41.7 Å². The summed E-state index contributed by atoms with van der Waals surface area (Å²) in [5.41, 5.74) is 4.39. The van der Waals surface area contributed by atoms with Crippen molar-refractivity contribution in [2.24, 2.45) is 0 Å². The number of hydrogen-bond acceptors (Lipinski definition) is 4. The molecule has 1 N–H and O–H groups in total. The summed E-state index contributed by atoms with van der Waals surface area (Å²) in [4.78, 5) is 25.1. The molecule has 140 valence electrons. The van der Waals surface area contributed by atoms with Gasteiger partial charge in [0.25, 0.3) is 5.56 Å². The van der Waals surface area contributed by atoms with E-state index < -0.39 is 0 Å². The number of nitrogens with one attached hydrogen (secondary N) is 1. The van der Waals surface area contributed by atoms with Gasteiger partial charge in [-0.05, 0) is 24.6 Å². The topological polar surface area (TPSA) is 49.0 Å². The summed E-state index contributed by atoms with van der Waals surface area (Å²) in [5.74, 6) is 1.04. The monoisotopic (exact) mass is 379 g/mol. The zero-order valence-corrected chi connectivity index (χ0v) is 16.9. The first-order valence-electron chi connectivity index (χ1n) is 9.49. The Morgan fingerprint density at radius 2 is 2.11 bits per heavy atom. The summed E-state index contributed by atoms with van der Waals surface area (Å²) in [6.07, 6.45) is 0.842. The van der Waals surface area contributed by atoms with Crippen LogP contribution in [0.15, 0.2) is 41.2 Å². The fraction of sp³-hybridized carbons (Fsp3) is 0.364. The van der Waals surface area contributed by atoms with Gasteiger partial charge in [0.15, 0.2) is 0 Å². The van der Waals surface area contributed by atoms with Crippen molar-refractivity contribution < 1.29 is 0 Å². The summed E-state index contributed by atoms with van der Waals surface area (Å²) in [5, 5.41) is 0. The van der Waals surface area contributed by atoms with Crippen molar-refractivity contribution in [2.45, 2.75) is 46.2 Å². The number of hydrogen-bond donors (Lipinski definition) is 1. The number of thiophene rings is 1. The van der Waals surface area contributed by atoms with Gasteiger partial charge in [-0.25, -0.2) is 4.98 Å². The molecule has 0 atom stereocenters. The molecular formula is C22H25N3OS.